The molecule has 186 valence electrons. The molecule has 0 radical (unpaired) electrons. The summed E-state index contributed by atoms with van der Waals surface area (Å²) in [4.78, 5) is 34.0. The standard InChI is InChI=1S/C26H32FN5O3/c1-16(2)20-12-21(18-6-8-19(27)9-7-18)29-32-15-22(28-24(20)32)25(34)30-10-11-31(17(3)14-30)23(33)13-26(4,5)35/h6-9,12,15-17,35H,10-11,13-14H2,1-5H3/t17-/m0/s1. The first kappa shape index (κ1) is 24.8. The molecule has 2 amide bonds. The fourth-order valence-corrected chi connectivity index (χ4v) is 4.44. The Balaban J connectivity index is 1.58. The maximum Gasteiger partial charge on any atom is 0.274 e. The molecule has 0 bridgehead atoms. The number of fused-ring (bicyclic) bond motifs is 1. The molecule has 3 heterocycles. The van der Waals surface area contributed by atoms with E-state index in [9.17, 15) is 19.1 Å². The number of benzene rings is 1. The molecule has 1 aromatic carbocycles. The predicted octanol–water partition coefficient (Wildman–Crippen LogP) is 3.49. The van der Waals surface area contributed by atoms with Gasteiger partial charge in [0.05, 0.1) is 23.9 Å². The zero-order valence-electron chi connectivity index (χ0n) is 20.8. The number of aliphatic hydroxyl groups is 1. The van der Waals surface area contributed by atoms with Gasteiger partial charge in [0.25, 0.3) is 5.91 Å². The molecular formula is C26H32FN5O3. The largest absolute Gasteiger partial charge is 0.390 e. The zero-order valence-corrected chi connectivity index (χ0v) is 20.8. The van der Waals surface area contributed by atoms with Crippen molar-refractivity contribution in [1.82, 2.24) is 24.4 Å². The first-order chi connectivity index (χ1) is 16.4. The number of carbonyl (C=O) groups is 2. The summed E-state index contributed by atoms with van der Waals surface area (Å²) < 4.78 is 15.0. The van der Waals surface area contributed by atoms with Gasteiger partial charge in [0.15, 0.2) is 5.65 Å². The lowest BCUT2D eigenvalue weighted by Gasteiger charge is -2.40. The van der Waals surface area contributed by atoms with E-state index in [1.807, 2.05) is 26.8 Å². The van der Waals surface area contributed by atoms with E-state index >= 15 is 0 Å². The van der Waals surface area contributed by atoms with E-state index < -0.39 is 5.60 Å². The van der Waals surface area contributed by atoms with E-state index in [-0.39, 0.29) is 36.0 Å². The van der Waals surface area contributed by atoms with Crippen LogP contribution in [0.3, 0.4) is 0 Å². The highest BCUT2D eigenvalue weighted by Gasteiger charge is 2.33. The maximum absolute atomic E-state index is 13.4. The van der Waals surface area contributed by atoms with Crippen LogP contribution >= 0.6 is 0 Å². The van der Waals surface area contributed by atoms with Crippen molar-refractivity contribution < 1.29 is 19.1 Å². The SMILES string of the molecule is CC(C)c1cc(-c2ccc(F)cc2)nn2cc(C(=O)N3CCN(C(=O)CC(C)(C)O)[C@@H](C)C3)nc12. The lowest BCUT2D eigenvalue weighted by Crippen LogP contribution is -2.56. The molecule has 1 aliphatic heterocycles. The summed E-state index contributed by atoms with van der Waals surface area (Å²) in [7, 11) is 0. The summed E-state index contributed by atoms with van der Waals surface area (Å²) in [5.74, 6) is -0.514. The van der Waals surface area contributed by atoms with Crippen LogP contribution in [0.2, 0.25) is 0 Å². The highest BCUT2D eigenvalue weighted by molar-refractivity contribution is 5.93. The first-order valence-corrected chi connectivity index (χ1v) is 11.9. The number of halogens is 1. The molecule has 0 unspecified atom stereocenters. The highest BCUT2D eigenvalue weighted by atomic mass is 19.1. The van der Waals surface area contributed by atoms with Crippen molar-refractivity contribution in [1.29, 1.82) is 0 Å². The molecule has 4 rings (SSSR count). The summed E-state index contributed by atoms with van der Waals surface area (Å²) in [6, 6.07) is 7.91. The number of aromatic nitrogens is 3. The number of piperazine rings is 1. The van der Waals surface area contributed by atoms with Gasteiger partial charge in [-0.1, -0.05) is 13.8 Å². The van der Waals surface area contributed by atoms with Crippen molar-refractivity contribution in [3.05, 3.63) is 53.6 Å². The molecule has 3 aromatic rings. The van der Waals surface area contributed by atoms with Crippen molar-refractivity contribution in [2.45, 2.75) is 58.6 Å². The van der Waals surface area contributed by atoms with E-state index in [0.29, 0.717) is 36.7 Å². The van der Waals surface area contributed by atoms with Crippen molar-refractivity contribution in [2.24, 2.45) is 0 Å². The minimum atomic E-state index is -1.08. The minimum Gasteiger partial charge on any atom is -0.390 e. The van der Waals surface area contributed by atoms with E-state index in [1.165, 1.54) is 12.1 Å². The van der Waals surface area contributed by atoms with Crippen molar-refractivity contribution >= 4 is 17.5 Å². The molecule has 1 saturated heterocycles. The molecular weight excluding hydrogens is 449 g/mol. The molecule has 0 spiro atoms. The fraction of sp³-hybridized carbons (Fsp3) is 0.462. The van der Waals surface area contributed by atoms with E-state index in [2.05, 4.69) is 10.1 Å². The second kappa shape index (κ2) is 9.37. The highest BCUT2D eigenvalue weighted by Crippen LogP contribution is 2.26. The van der Waals surface area contributed by atoms with Crippen molar-refractivity contribution in [3.63, 3.8) is 0 Å². The molecule has 9 heteroatoms. The molecule has 35 heavy (non-hydrogen) atoms. The quantitative estimate of drug-likeness (QED) is 0.602. The average molecular weight is 482 g/mol. The number of hydrogen-bond acceptors (Lipinski definition) is 5. The third-order valence-electron chi connectivity index (χ3n) is 6.25. The Morgan fingerprint density at radius 2 is 1.89 bits per heavy atom. The minimum absolute atomic E-state index is 0.0394. The monoisotopic (exact) mass is 481 g/mol. The number of amides is 2. The molecule has 2 aromatic heterocycles. The fourth-order valence-electron chi connectivity index (χ4n) is 4.44. The van der Waals surface area contributed by atoms with Crippen LogP contribution in [0.15, 0.2) is 36.5 Å². The molecule has 1 aliphatic rings. The van der Waals surface area contributed by atoms with Crippen LogP contribution in [0.5, 0.6) is 0 Å². The summed E-state index contributed by atoms with van der Waals surface area (Å²) in [6.07, 6.45) is 1.67. The summed E-state index contributed by atoms with van der Waals surface area (Å²) in [5.41, 5.74) is 2.21. The average Bonchev–Trinajstić information content (AvgIpc) is 3.21. The Labute approximate surface area is 204 Å². The van der Waals surface area contributed by atoms with Gasteiger partial charge < -0.3 is 14.9 Å². The van der Waals surface area contributed by atoms with Gasteiger partial charge in [-0.15, -0.1) is 0 Å². The number of nitrogens with zero attached hydrogens (tertiary/aromatic N) is 5. The zero-order chi connectivity index (χ0) is 25.5. The number of hydrogen-bond donors (Lipinski definition) is 1. The van der Waals surface area contributed by atoms with Gasteiger partial charge in [-0.3, -0.25) is 9.59 Å². The summed E-state index contributed by atoms with van der Waals surface area (Å²) >= 11 is 0. The van der Waals surface area contributed by atoms with Crippen LogP contribution in [0.25, 0.3) is 16.9 Å². The van der Waals surface area contributed by atoms with Gasteiger partial charge in [-0.25, -0.2) is 13.9 Å². The number of rotatable bonds is 5. The Bertz CT molecular complexity index is 1250. The third-order valence-corrected chi connectivity index (χ3v) is 6.25. The Hall–Kier alpha value is -3.33. The lowest BCUT2D eigenvalue weighted by atomic mass is 10.0. The van der Waals surface area contributed by atoms with Crippen LogP contribution in [-0.2, 0) is 4.79 Å². The Morgan fingerprint density at radius 3 is 2.49 bits per heavy atom. The molecule has 1 N–H and O–H groups in total. The van der Waals surface area contributed by atoms with Gasteiger partial charge >= 0.3 is 0 Å². The molecule has 0 saturated carbocycles. The summed E-state index contributed by atoms with van der Waals surface area (Å²) in [6.45, 7) is 10.4. The third kappa shape index (κ3) is 5.35. The number of carbonyl (C=O) groups excluding carboxylic acids is 2. The van der Waals surface area contributed by atoms with Gasteiger partial charge in [0.1, 0.15) is 11.5 Å². The lowest BCUT2D eigenvalue weighted by molar-refractivity contribution is -0.139. The van der Waals surface area contributed by atoms with E-state index in [1.54, 1.807) is 46.5 Å². The Morgan fingerprint density at radius 1 is 1.20 bits per heavy atom. The van der Waals surface area contributed by atoms with Crippen LogP contribution < -0.4 is 0 Å². The van der Waals surface area contributed by atoms with E-state index in [4.69, 9.17) is 0 Å². The van der Waals surface area contributed by atoms with Crippen LogP contribution in [-0.4, -0.2) is 72.6 Å². The molecule has 1 fully saturated rings. The van der Waals surface area contributed by atoms with E-state index in [0.717, 1.165) is 11.1 Å². The first-order valence-electron chi connectivity index (χ1n) is 11.9. The molecule has 8 nitrogen and oxygen atoms in total. The number of imidazole rings is 1. The van der Waals surface area contributed by atoms with Gasteiger partial charge in [0.2, 0.25) is 5.91 Å². The van der Waals surface area contributed by atoms with Crippen molar-refractivity contribution in [2.75, 3.05) is 19.6 Å². The normalized spacial score (nSPS) is 16.9. The van der Waals surface area contributed by atoms with Crippen LogP contribution in [0.4, 0.5) is 4.39 Å². The van der Waals surface area contributed by atoms with Gasteiger partial charge in [0, 0.05) is 36.8 Å². The topological polar surface area (TPSA) is 91.0 Å². The van der Waals surface area contributed by atoms with Gasteiger partial charge in [-0.05, 0) is 57.0 Å². The smallest absolute Gasteiger partial charge is 0.274 e. The van der Waals surface area contributed by atoms with Crippen LogP contribution in [0.1, 0.15) is 63.0 Å². The predicted molar refractivity (Wildman–Crippen MR) is 130 cm³/mol. The second-order valence-electron chi connectivity index (χ2n) is 10.2. The Kier molecular flexibility index (Phi) is 6.64. The maximum atomic E-state index is 13.4. The molecule has 1 atom stereocenters. The summed E-state index contributed by atoms with van der Waals surface area (Å²) in [5, 5.41) is 14.6. The second-order valence-corrected chi connectivity index (χ2v) is 10.2. The van der Waals surface area contributed by atoms with Crippen molar-refractivity contribution in [3.8, 4) is 11.3 Å². The van der Waals surface area contributed by atoms with Gasteiger partial charge in [-0.2, -0.15) is 5.10 Å². The van der Waals surface area contributed by atoms with Crippen LogP contribution in [0, 0.1) is 5.82 Å². The molecule has 0 aliphatic carbocycles.